The zero-order valence-electron chi connectivity index (χ0n) is 22.2. The van der Waals surface area contributed by atoms with E-state index in [0.29, 0.717) is 28.1 Å². The monoisotopic (exact) mass is 555 g/mol. The predicted octanol–water partition coefficient (Wildman–Crippen LogP) is 4.18. The average Bonchev–Trinajstić information content (AvgIpc) is 2.93. The molecule has 1 aliphatic heterocycles. The normalized spacial score (nSPS) is 14.8. The number of rotatable bonds is 9. The second kappa shape index (κ2) is 12.8. The van der Waals surface area contributed by atoms with Crippen molar-refractivity contribution >= 4 is 23.1 Å². The van der Waals surface area contributed by atoms with Crippen LogP contribution >= 0.6 is 0 Å². The van der Waals surface area contributed by atoms with Gasteiger partial charge in [0, 0.05) is 54.7 Å². The van der Waals surface area contributed by atoms with Crippen LogP contribution in [-0.4, -0.2) is 63.1 Å². The lowest BCUT2D eigenvalue weighted by molar-refractivity contribution is -0.137. The first kappa shape index (κ1) is 28.9. The van der Waals surface area contributed by atoms with Gasteiger partial charge in [-0.05, 0) is 61.1 Å². The molecule has 0 saturated carbocycles. The lowest BCUT2D eigenvalue weighted by Crippen LogP contribution is -2.44. The molecular weight excluding hydrogens is 523 g/mol. The maximum Gasteiger partial charge on any atom is 0.416 e. The number of alkyl halides is 3. The molecule has 4 N–H and O–H groups in total. The summed E-state index contributed by atoms with van der Waals surface area (Å²) in [6.45, 7) is 4.42. The van der Waals surface area contributed by atoms with Gasteiger partial charge >= 0.3 is 6.18 Å². The third kappa shape index (κ3) is 7.73. The van der Waals surface area contributed by atoms with Gasteiger partial charge in [0.1, 0.15) is 18.2 Å². The van der Waals surface area contributed by atoms with Crippen LogP contribution in [0.5, 0.6) is 5.75 Å². The maximum absolute atomic E-state index is 12.7. The number of amides is 1. The number of halogens is 3. The first-order chi connectivity index (χ1) is 19.1. The Balaban J connectivity index is 1.25. The zero-order chi connectivity index (χ0) is 28.7. The average molecular weight is 556 g/mol. The van der Waals surface area contributed by atoms with Crippen molar-refractivity contribution in [1.29, 1.82) is 0 Å². The van der Waals surface area contributed by atoms with Gasteiger partial charge < -0.3 is 30.7 Å². The van der Waals surface area contributed by atoms with E-state index >= 15 is 0 Å². The predicted molar refractivity (Wildman–Crippen MR) is 149 cm³/mol. The van der Waals surface area contributed by atoms with Gasteiger partial charge in [-0.1, -0.05) is 12.1 Å². The quantitative estimate of drug-likeness (QED) is 0.177. The standard InChI is InChI=1S/C29H32F3N5O3/c1-36-12-14-37(15-13-36)23-8-4-21(5-9-23)28(38)35-27(34)25-11-10-24(18-26(25)33)40-17-16-39-19-20-2-6-22(7-3-20)29(30,31)32/h2-11,18H,12-17,19,33H2,1H3,(H2,34,35,38). The van der Waals surface area contributed by atoms with Crippen molar-refractivity contribution in [2.75, 3.05) is 57.1 Å². The fraction of sp³-hybridized carbons (Fsp3) is 0.310. The van der Waals surface area contributed by atoms with Crippen molar-refractivity contribution in [2.45, 2.75) is 12.8 Å². The molecule has 1 aliphatic rings. The van der Waals surface area contributed by atoms with E-state index in [1.807, 2.05) is 12.1 Å². The van der Waals surface area contributed by atoms with Crippen LogP contribution in [0.15, 0.2) is 71.7 Å². The van der Waals surface area contributed by atoms with Crippen LogP contribution in [0.2, 0.25) is 0 Å². The number of piperazine rings is 1. The number of nitrogens with two attached hydrogens (primary N) is 2. The van der Waals surface area contributed by atoms with Gasteiger partial charge in [-0.3, -0.25) is 4.79 Å². The Bertz CT molecular complexity index is 1320. The van der Waals surface area contributed by atoms with E-state index in [1.54, 1.807) is 30.3 Å². The summed E-state index contributed by atoms with van der Waals surface area (Å²) in [5.74, 6) is 0.00224. The minimum atomic E-state index is -4.37. The minimum Gasteiger partial charge on any atom is -0.491 e. The highest BCUT2D eigenvalue weighted by Gasteiger charge is 2.29. The third-order valence-corrected chi connectivity index (χ3v) is 6.55. The summed E-state index contributed by atoms with van der Waals surface area (Å²) < 4.78 is 49.0. The Hall–Kier alpha value is -4.09. The minimum absolute atomic E-state index is 0.00271. The van der Waals surface area contributed by atoms with Crippen LogP contribution in [0.3, 0.4) is 0 Å². The number of carbonyl (C=O) groups is 1. The third-order valence-electron chi connectivity index (χ3n) is 6.55. The van der Waals surface area contributed by atoms with Crippen LogP contribution in [0.25, 0.3) is 0 Å². The van der Waals surface area contributed by atoms with Crippen molar-refractivity contribution in [3.8, 4) is 5.75 Å². The fourth-order valence-electron chi connectivity index (χ4n) is 4.18. The first-order valence-corrected chi connectivity index (χ1v) is 12.8. The first-order valence-electron chi connectivity index (χ1n) is 12.8. The number of likely N-dealkylation sites (N-methyl/N-ethyl adjacent to an activating group) is 1. The zero-order valence-corrected chi connectivity index (χ0v) is 22.2. The largest absolute Gasteiger partial charge is 0.491 e. The topological polar surface area (TPSA) is 106 Å². The molecule has 3 aromatic carbocycles. The second-order valence-corrected chi connectivity index (χ2v) is 9.48. The van der Waals surface area contributed by atoms with Crippen LogP contribution in [0.1, 0.15) is 27.0 Å². The lowest BCUT2D eigenvalue weighted by Gasteiger charge is -2.34. The molecule has 0 unspecified atom stereocenters. The summed E-state index contributed by atoms with van der Waals surface area (Å²) in [5.41, 5.74) is 14.3. The van der Waals surface area contributed by atoms with E-state index in [9.17, 15) is 18.0 Å². The highest BCUT2D eigenvalue weighted by molar-refractivity contribution is 6.11. The number of nitrogen functional groups attached to an aromatic ring is 1. The number of nitrogens with zero attached hydrogens (tertiary/aromatic N) is 3. The van der Waals surface area contributed by atoms with Gasteiger partial charge in [0.25, 0.3) is 5.91 Å². The molecule has 8 nitrogen and oxygen atoms in total. The number of carbonyl (C=O) groups excluding carboxylic acids is 1. The molecule has 1 saturated heterocycles. The van der Waals surface area contributed by atoms with Crippen LogP contribution in [-0.2, 0) is 17.5 Å². The highest BCUT2D eigenvalue weighted by Crippen LogP contribution is 2.29. The summed E-state index contributed by atoms with van der Waals surface area (Å²) in [4.78, 5) is 21.3. The molecule has 11 heteroatoms. The van der Waals surface area contributed by atoms with Crippen molar-refractivity contribution < 1.29 is 27.4 Å². The van der Waals surface area contributed by atoms with Crippen molar-refractivity contribution in [1.82, 2.24) is 4.90 Å². The number of hydrogen-bond acceptors (Lipinski definition) is 6. The molecule has 1 heterocycles. The van der Waals surface area contributed by atoms with E-state index in [0.717, 1.165) is 44.0 Å². The number of aliphatic imine (C=N–C) groups is 1. The van der Waals surface area contributed by atoms with E-state index in [-0.39, 0.29) is 25.7 Å². The highest BCUT2D eigenvalue weighted by atomic mass is 19.4. The summed E-state index contributed by atoms with van der Waals surface area (Å²) in [7, 11) is 2.10. The molecule has 3 aromatic rings. The van der Waals surface area contributed by atoms with Gasteiger partial charge in [-0.25, -0.2) is 0 Å². The molecule has 0 spiro atoms. The van der Waals surface area contributed by atoms with Gasteiger partial charge in [0.15, 0.2) is 0 Å². The van der Waals surface area contributed by atoms with E-state index < -0.39 is 17.6 Å². The van der Waals surface area contributed by atoms with Crippen LogP contribution in [0.4, 0.5) is 24.5 Å². The number of amidine groups is 1. The van der Waals surface area contributed by atoms with Gasteiger partial charge in [0.05, 0.1) is 18.8 Å². The maximum atomic E-state index is 12.7. The number of anilines is 2. The Labute approximate surface area is 231 Å². The molecule has 212 valence electrons. The van der Waals surface area contributed by atoms with Crippen LogP contribution in [0, 0.1) is 0 Å². The van der Waals surface area contributed by atoms with Gasteiger partial charge in [-0.2, -0.15) is 18.2 Å². The summed E-state index contributed by atoms with van der Waals surface area (Å²) in [5, 5.41) is 0. The van der Waals surface area contributed by atoms with Crippen molar-refractivity contribution in [3.05, 3.63) is 89.0 Å². The van der Waals surface area contributed by atoms with Crippen molar-refractivity contribution in [2.24, 2.45) is 10.7 Å². The number of ether oxygens (including phenoxy) is 2. The van der Waals surface area contributed by atoms with E-state index in [1.165, 1.54) is 12.1 Å². The summed E-state index contributed by atoms with van der Waals surface area (Å²) >= 11 is 0. The SMILES string of the molecule is CN1CCN(c2ccc(C(=O)N=C(N)c3ccc(OCCOCc4ccc(C(F)(F)F)cc4)cc3N)cc2)CC1. The molecule has 1 fully saturated rings. The van der Waals surface area contributed by atoms with E-state index in [4.69, 9.17) is 20.9 Å². The number of benzene rings is 3. The molecular formula is C29H32F3N5O3. The second-order valence-electron chi connectivity index (χ2n) is 9.48. The molecule has 4 rings (SSSR count). The van der Waals surface area contributed by atoms with Gasteiger partial charge in [-0.15, -0.1) is 0 Å². The Kier molecular flexibility index (Phi) is 9.28. The van der Waals surface area contributed by atoms with Crippen LogP contribution < -0.4 is 21.1 Å². The van der Waals surface area contributed by atoms with E-state index in [2.05, 4.69) is 21.8 Å². The molecule has 0 radical (unpaired) electrons. The Morgan fingerprint density at radius 3 is 2.25 bits per heavy atom. The van der Waals surface area contributed by atoms with Gasteiger partial charge in [0.2, 0.25) is 0 Å². The lowest BCUT2D eigenvalue weighted by atomic mass is 10.1. The molecule has 0 aliphatic carbocycles. The van der Waals surface area contributed by atoms with Crippen molar-refractivity contribution in [3.63, 3.8) is 0 Å². The summed E-state index contributed by atoms with van der Waals surface area (Å²) in [6.07, 6.45) is -4.37. The Morgan fingerprint density at radius 2 is 1.62 bits per heavy atom. The molecule has 40 heavy (non-hydrogen) atoms. The molecule has 1 amide bonds. The summed E-state index contributed by atoms with van der Waals surface area (Å²) in [6, 6.07) is 17.0. The smallest absolute Gasteiger partial charge is 0.416 e. The molecule has 0 bridgehead atoms. The molecule has 0 aromatic heterocycles. The molecule has 0 atom stereocenters. The number of hydrogen-bond donors (Lipinski definition) is 2. The fourth-order valence-corrected chi connectivity index (χ4v) is 4.18. The Morgan fingerprint density at radius 1 is 0.950 bits per heavy atom.